The van der Waals surface area contributed by atoms with Crippen molar-refractivity contribution < 1.29 is 9.13 Å². The molecule has 1 aliphatic heterocycles. The van der Waals surface area contributed by atoms with E-state index in [1.165, 1.54) is 12.1 Å². The number of nitrogen functional groups attached to an aromatic ring is 1. The predicted octanol–water partition coefficient (Wildman–Crippen LogP) is 5.15. The van der Waals surface area contributed by atoms with Gasteiger partial charge in [-0.1, -0.05) is 18.2 Å². The molecule has 1 atom stereocenters. The molecule has 0 saturated heterocycles. The van der Waals surface area contributed by atoms with Gasteiger partial charge < -0.3 is 15.0 Å². The molecule has 7 nitrogen and oxygen atoms in total. The van der Waals surface area contributed by atoms with Crippen LogP contribution < -0.4 is 10.5 Å². The first-order valence-corrected chi connectivity index (χ1v) is 11.5. The first-order valence-electron chi connectivity index (χ1n) is 11.5. The maximum absolute atomic E-state index is 13.6. The molecular formula is C27H23FN6O. The highest BCUT2D eigenvalue weighted by molar-refractivity contribution is 5.82. The average Bonchev–Trinajstić information content (AvgIpc) is 3.43. The van der Waals surface area contributed by atoms with Gasteiger partial charge in [0, 0.05) is 29.6 Å². The fraction of sp³-hybridized carbons (Fsp3) is 0.185. The molecule has 2 aromatic carbocycles. The number of fused-ring (bicyclic) bond motifs is 2. The Labute approximate surface area is 201 Å². The number of ether oxygens (including phenoxy) is 1. The van der Waals surface area contributed by atoms with Gasteiger partial charge in [-0.2, -0.15) is 0 Å². The number of hydrogen-bond acceptors (Lipinski definition) is 6. The third-order valence-corrected chi connectivity index (χ3v) is 6.41. The lowest BCUT2D eigenvalue weighted by Gasteiger charge is -2.18. The van der Waals surface area contributed by atoms with Crippen molar-refractivity contribution in [3.63, 3.8) is 0 Å². The number of halogens is 1. The molecule has 0 amide bonds. The molecule has 0 radical (unpaired) electrons. The standard InChI is InChI=1S/C27H23FN6O/c1-16-14-24(31-21-5-3-2-4-20(16)21)35-15-19-10-11-23-33-25(17-6-8-18(28)9-7-17)26(34(19)23)22-12-13-30-27(29)32-22/h2-9,12-14,19H,10-11,15H2,1H3,(H2,29,30,32). The number of benzene rings is 2. The molecule has 1 aliphatic rings. The summed E-state index contributed by atoms with van der Waals surface area (Å²) in [5.74, 6) is 1.43. The Morgan fingerprint density at radius 1 is 1.06 bits per heavy atom. The van der Waals surface area contributed by atoms with Crippen LogP contribution >= 0.6 is 0 Å². The number of para-hydroxylation sites is 1. The van der Waals surface area contributed by atoms with E-state index in [1.54, 1.807) is 18.3 Å². The van der Waals surface area contributed by atoms with Gasteiger partial charge in [-0.05, 0) is 55.3 Å². The maximum atomic E-state index is 13.6. The first kappa shape index (κ1) is 21.2. The van der Waals surface area contributed by atoms with E-state index in [0.29, 0.717) is 18.2 Å². The van der Waals surface area contributed by atoms with Crippen molar-refractivity contribution in [1.82, 2.24) is 24.5 Å². The van der Waals surface area contributed by atoms with Crippen LogP contribution in [0, 0.1) is 12.7 Å². The Bertz CT molecular complexity index is 1550. The summed E-state index contributed by atoms with van der Waals surface area (Å²) in [6.45, 7) is 2.50. The molecule has 1 unspecified atom stereocenters. The summed E-state index contributed by atoms with van der Waals surface area (Å²) in [6.07, 6.45) is 3.31. The molecule has 0 saturated carbocycles. The molecule has 5 aromatic rings. The molecule has 6 rings (SSSR count). The van der Waals surface area contributed by atoms with Crippen LogP contribution in [-0.2, 0) is 6.42 Å². The Balaban J connectivity index is 1.38. The molecular weight excluding hydrogens is 443 g/mol. The normalized spacial score (nSPS) is 14.9. The SMILES string of the molecule is Cc1cc(OCC2CCc3nc(-c4ccc(F)cc4)c(-c4ccnc(N)n4)n32)nc2ccccc12. The zero-order valence-corrected chi connectivity index (χ0v) is 19.1. The number of pyridine rings is 1. The summed E-state index contributed by atoms with van der Waals surface area (Å²) in [5.41, 5.74) is 11.0. The van der Waals surface area contributed by atoms with Crippen LogP contribution in [0.4, 0.5) is 10.3 Å². The Morgan fingerprint density at radius 2 is 1.89 bits per heavy atom. The minimum Gasteiger partial charge on any atom is -0.475 e. The van der Waals surface area contributed by atoms with Gasteiger partial charge in [0.25, 0.3) is 0 Å². The first-order chi connectivity index (χ1) is 17.1. The number of anilines is 1. The third kappa shape index (κ3) is 3.86. The lowest BCUT2D eigenvalue weighted by molar-refractivity contribution is 0.248. The van der Waals surface area contributed by atoms with Gasteiger partial charge >= 0.3 is 0 Å². The quantitative estimate of drug-likeness (QED) is 0.385. The second-order valence-corrected chi connectivity index (χ2v) is 8.70. The summed E-state index contributed by atoms with van der Waals surface area (Å²) in [4.78, 5) is 18.1. The smallest absolute Gasteiger partial charge is 0.220 e. The van der Waals surface area contributed by atoms with Gasteiger partial charge in [0.2, 0.25) is 11.8 Å². The fourth-order valence-corrected chi connectivity index (χ4v) is 4.76. The lowest BCUT2D eigenvalue weighted by Crippen LogP contribution is -2.16. The number of hydrogen-bond donors (Lipinski definition) is 1. The Morgan fingerprint density at radius 3 is 2.71 bits per heavy atom. The minimum atomic E-state index is -0.294. The van der Waals surface area contributed by atoms with E-state index in [0.717, 1.165) is 52.1 Å². The summed E-state index contributed by atoms with van der Waals surface area (Å²) >= 11 is 0. The van der Waals surface area contributed by atoms with Crippen LogP contribution in [0.25, 0.3) is 33.5 Å². The number of rotatable bonds is 5. The van der Waals surface area contributed by atoms with Gasteiger partial charge in [0.05, 0.1) is 28.6 Å². The molecule has 3 aromatic heterocycles. The third-order valence-electron chi connectivity index (χ3n) is 6.41. The van der Waals surface area contributed by atoms with Crippen LogP contribution in [0.3, 0.4) is 0 Å². The van der Waals surface area contributed by atoms with Crippen molar-refractivity contribution in [1.29, 1.82) is 0 Å². The highest BCUT2D eigenvalue weighted by Gasteiger charge is 2.31. The number of nitrogens with zero attached hydrogens (tertiary/aromatic N) is 5. The van der Waals surface area contributed by atoms with Gasteiger partial charge in [0.1, 0.15) is 18.2 Å². The van der Waals surface area contributed by atoms with E-state index in [4.69, 9.17) is 15.5 Å². The lowest BCUT2D eigenvalue weighted by atomic mass is 10.1. The Kier molecular flexibility index (Phi) is 5.13. The van der Waals surface area contributed by atoms with Crippen LogP contribution in [0.1, 0.15) is 23.9 Å². The van der Waals surface area contributed by atoms with Crippen molar-refractivity contribution in [2.45, 2.75) is 25.8 Å². The molecule has 35 heavy (non-hydrogen) atoms. The second-order valence-electron chi connectivity index (χ2n) is 8.70. The molecule has 2 N–H and O–H groups in total. The second kappa shape index (κ2) is 8.47. The van der Waals surface area contributed by atoms with Crippen molar-refractivity contribution in [2.24, 2.45) is 0 Å². The van der Waals surface area contributed by atoms with Crippen LogP contribution in [0.2, 0.25) is 0 Å². The zero-order valence-electron chi connectivity index (χ0n) is 19.1. The zero-order chi connectivity index (χ0) is 23.9. The molecule has 0 spiro atoms. The highest BCUT2D eigenvalue weighted by atomic mass is 19.1. The minimum absolute atomic E-state index is 0.0338. The number of aromatic nitrogens is 5. The molecule has 174 valence electrons. The summed E-state index contributed by atoms with van der Waals surface area (Å²) < 4.78 is 22.0. The van der Waals surface area contributed by atoms with Crippen molar-refractivity contribution >= 4 is 16.9 Å². The van der Waals surface area contributed by atoms with Crippen LogP contribution in [-0.4, -0.2) is 31.1 Å². The van der Waals surface area contributed by atoms with Gasteiger partial charge in [-0.3, -0.25) is 0 Å². The van der Waals surface area contributed by atoms with Crippen molar-refractivity contribution in [3.8, 4) is 28.5 Å². The maximum Gasteiger partial charge on any atom is 0.220 e. The average molecular weight is 467 g/mol. The van der Waals surface area contributed by atoms with Gasteiger partial charge in [0.15, 0.2) is 0 Å². The van der Waals surface area contributed by atoms with E-state index < -0.39 is 0 Å². The number of imidazole rings is 1. The van der Waals surface area contributed by atoms with Crippen LogP contribution in [0.15, 0.2) is 66.9 Å². The molecule has 0 bridgehead atoms. The van der Waals surface area contributed by atoms with E-state index in [1.807, 2.05) is 30.3 Å². The highest BCUT2D eigenvalue weighted by Crippen LogP contribution is 2.39. The summed E-state index contributed by atoms with van der Waals surface area (Å²) in [5, 5.41) is 1.12. The number of nitrogens with two attached hydrogens (primary N) is 1. The monoisotopic (exact) mass is 466 g/mol. The molecule has 0 fully saturated rings. The van der Waals surface area contributed by atoms with Gasteiger partial charge in [-0.25, -0.2) is 24.3 Å². The van der Waals surface area contributed by atoms with Crippen LogP contribution in [0.5, 0.6) is 5.88 Å². The van der Waals surface area contributed by atoms with E-state index >= 15 is 0 Å². The fourth-order valence-electron chi connectivity index (χ4n) is 4.76. The topological polar surface area (TPSA) is 91.7 Å². The summed E-state index contributed by atoms with van der Waals surface area (Å²) in [7, 11) is 0. The van der Waals surface area contributed by atoms with Crippen molar-refractivity contribution in [2.75, 3.05) is 12.3 Å². The van der Waals surface area contributed by atoms with E-state index in [2.05, 4.69) is 32.5 Å². The molecule has 8 heteroatoms. The predicted molar refractivity (Wildman–Crippen MR) is 132 cm³/mol. The summed E-state index contributed by atoms with van der Waals surface area (Å²) in [6, 6.07) is 18.2. The van der Waals surface area contributed by atoms with E-state index in [9.17, 15) is 4.39 Å². The van der Waals surface area contributed by atoms with E-state index in [-0.39, 0.29) is 17.8 Å². The van der Waals surface area contributed by atoms with Gasteiger partial charge in [-0.15, -0.1) is 0 Å². The largest absolute Gasteiger partial charge is 0.475 e. The number of aryl methyl sites for hydroxylation is 2. The molecule has 0 aliphatic carbocycles. The Hall–Kier alpha value is -4.33. The molecule has 4 heterocycles. The van der Waals surface area contributed by atoms with Crippen molar-refractivity contribution in [3.05, 3.63) is 84.1 Å².